The maximum atomic E-state index is 12.4. The molecule has 0 unspecified atom stereocenters. The molecule has 1 aromatic heterocycles. The highest BCUT2D eigenvalue weighted by molar-refractivity contribution is 6.30. The molecule has 1 atom stereocenters. The van der Waals surface area contributed by atoms with Crippen LogP contribution in [0.5, 0.6) is 0 Å². The van der Waals surface area contributed by atoms with Crippen LogP contribution in [-0.4, -0.2) is 45.8 Å². The molecule has 2 aliphatic rings. The second-order valence-corrected chi connectivity index (χ2v) is 8.20. The van der Waals surface area contributed by atoms with E-state index in [1.165, 1.54) is 11.1 Å². The summed E-state index contributed by atoms with van der Waals surface area (Å²) in [5.41, 5.74) is 3.92. The van der Waals surface area contributed by atoms with Gasteiger partial charge in [-0.3, -0.25) is 4.79 Å². The first-order valence-corrected chi connectivity index (χ1v) is 10.1. The normalized spacial score (nSPS) is 20.6. The molecular formula is C22H20ClN3O3. The smallest absolute Gasteiger partial charge is 0.258 e. The van der Waals surface area contributed by atoms with Crippen LogP contribution in [0.3, 0.4) is 0 Å². The fourth-order valence-corrected chi connectivity index (χ4v) is 4.91. The molecule has 1 spiro atoms. The second-order valence-electron chi connectivity index (χ2n) is 7.76. The van der Waals surface area contributed by atoms with Gasteiger partial charge in [-0.2, -0.15) is 4.98 Å². The minimum absolute atomic E-state index is 0.0101. The van der Waals surface area contributed by atoms with Crippen LogP contribution in [0, 0.1) is 0 Å². The van der Waals surface area contributed by atoms with Gasteiger partial charge in [-0.1, -0.05) is 41.0 Å². The van der Waals surface area contributed by atoms with Crippen LogP contribution >= 0.6 is 11.6 Å². The van der Waals surface area contributed by atoms with E-state index in [0.29, 0.717) is 36.2 Å². The SMILES string of the molecule is O=C1C[C@@]2(CCc3c(-c4noc(-c5cccc(Cl)c5)n4)cccc32)CN1CCO. The molecule has 1 aliphatic heterocycles. The van der Waals surface area contributed by atoms with Gasteiger partial charge in [0.15, 0.2) is 0 Å². The highest BCUT2D eigenvalue weighted by Gasteiger charge is 2.48. The minimum Gasteiger partial charge on any atom is -0.395 e. The third-order valence-electron chi connectivity index (χ3n) is 6.05. The molecule has 0 radical (unpaired) electrons. The van der Waals surface area contributed by atoms with Crippen molar-refractivity contribution in [3.8, 4) is 22.8 Å². The Hall–Kier alpha value is -2.70. The van der Waals surface area contributed by atoms with E-state index in [1.54, 1.807) is 17.0 Å². The fraction of sp³-hybridized carbons (Fsp3) is 0.318. The predicted octanol–water partition coefficient (Wildman–Crippen LogP) is 3.47. The van der Waals surface area contributed by atoms with Gasteiger partial charge in [0.1, 0.15) is 0 Å². The molecule has 1 fully saturated rings. The van der Waals surface area contributed by atoms with Crippen molar-refractivity contribution in [2.24, 2.45) is 0 Å². The Kier molecular flexibility index (Phi) is 4.41. The van der Waals surface area contributed by atoms with E-state index >= 15 is 0 Å². The van der Waals surface area contributed by atoms with E-state index in [9.17, 15) is 9.90 Å². The third kappa shape index (κ3) is 3.03. The van der Waals surface area contributed by atoms with E-state index in [2.05, 4.69) is 16.2 Å². The number of rotatable bonds is 4. The molecule has 2 aromatic carbocycles. The molecule has 1 saturated heterocycles. The van der Waals surface area contributed by atoms with Crippen LogP contribution in [0.4, 0.5) is 0 Å². The van der Waals surface area contributed by atoms with Gasteiger partial charge in [0.05, 0.1) is 6.61 Å². The molecule has 3 aromatic rings. The Bertz CT molecular complexity index is 1100. The summed E-state index contributed by atoms with van der Waals surface area (Å²) in [6.45, 7) is 1.04. The lowest BCUT2D eigenvalue weighted by molar-refractivity contribution is -0.128. The van der Waals surface area contributed by atoms with Gasteiger partial charge in [-0.15, -0.1) is 0 Å². The van der Waals surface area contributed by atoms with Crippen LogP contribution in [0.1, 0.15) is 24.0 Å². The Labute approximate surface area is 173 Å². The number of aliphatic hydroxyl groups is 1. The Balaban J connectivity index is 1.51. The second kappa shape index (κ2) is 6.97. The number of carbonyl (C=O) groups is 1. The molecule has 29 heavy (non-hydrogen) atoms. The van der Waals surface area contributed by atoms with E-state index in [0.717, 1.165) is 24.0 Å². The van der Waals surface area contributed by atoms with Gasteiger partial charge in [-0.25, -0.2) is 0 Å². The van der Waals surface area contributed by atoms with Crippen molar-refractivity contribution in [1.29, 1.82) is 0 Å². The summed E-state index contributed by atoms with van der Waals surface area (Å²) in [5.74, 6) is 1.09. The van der Waals surface area contributed by atoms with Crippen LogP contribution in [0.25, 0.3) is 22.8 Å². The van der Waals surface area contributed by atoms with Crippen molar-refractivity contribution >= 4 is 17.5 Å². The fourth-order valence-electron chi connectivity index (χ4n) is 4.72. The van der Waals surface area contributed by atoms with Crippen molar-refractivity contribution in [2.45, 2.75) is 24.7 Å². The predicted molar refractivity (Wildman–Crippen MR) is 108 cm³/mol. The Morgan fingerprint density at radius 1 is 1.24 bits per heavy atom. The zero-order valence-electron chi connectivity index (χ0n) is 15.8. The lowest BCUT2D eigenvalue weighted by atomic mass is 9.80. The first-order chi connectivity index (χ1) is 14.1. The van der Waals surface area contributed by atoms with Crippen molar-refractivity contribution < 1.29 is 14.4 Å². The number of likely N-dealkylation sites (tertiary alicyclic amines) is 1. The first-order valence-electron chi connectivity index (χ1n) is 9.71. The number of hydrogen-bond acceptors (Lipinski definition) is 5. The minimum atomic E-state index is -0.183. The number of carbonyl (C=O) groups excluding carboxylic acids is 1. The van der Waals surface area contributed by atoms with Gasteiger partial charge in [0, 0.05) is 41.1 Å². The van der Waals surface area contributed by atoms with Crippen LogP contribution in [-0.2, 0) is 16.6 Å². The van der Waals surface area contributed by atoms with Crippen LogP contribution in [0.15, 0.2) is 47.0 Å². The third-order valence-corrected chi connectivity index (χ3v) is 6.28. The summed E-state index contributed by atoms with van der Waals surface area (Å²) in [5, 5.41) is 14.1. The molecule has 5 rings (SSSR count). The number of nitrogens with zero attached hydrogens (tertiary/aromatic N) is 3. The van der Waals surface area contributed by atoms with E-state index in [-0.39, 0.29) is 17.9 Å². The van der Waals surface area contributed by atoms with Crippen molar-refractivity contribution in [3.63, 3.8) is 0 Å². The maximum Gasteiger partial charge on any atom is 0.258 e. The first kappa shape index (κ1) is 18.3. The summed E-state index contributed by atoms with van der Waals surface area (Å²) in [6.07, 6.45) is 2.27. The van der Waals surface area contributed by atoms with Crippen molar-refractivity contribution in [2.75, 3.05) is 19.7 Å². The van der Waals surface area contributed by atoms with E-state index in [4.69, 9.17) is 16.1 Å². The van der Waals surface area contributed by atoms with Gasteiger partial charge in [0.2, 0.25) is 11.7 Å². The summed E-state index contributed by atoms with van der Waals surface area (Å²) in [6, 6.07) is 13.4. The Morgan fingerprint density at radius 3 is 2.93 bits per heavy atom. The summed E-state index contributed by atoms with van der Waals surface area (Å²) < 4.78 is 5.49. The number of hydrogen-bond donors (Lipinski definition) is 1. The summed E-state index contributed by atoms with van der Waals surface area (Å²) >= 11 is 6.07. The van der Waals surface area contributed by atoms with Gasteiger partial charge < -0.3 is 14.5 Å². The number of amides is 1. The topological polar surface area (TPSA) is 79.5 Å². The molecule has 7 heteroatoms. The van der Waals surface area contributed by atoms with E-state index < -0.39 is 0 Å². The average molecular weight is 410 g/mol. The molecule has 148 valence electrons. The van der Waals surface area contributed by atoms with Crippen molar-refractivity contribution in [1.82, 2.24) is 15.0 Å². The van der Waals surface area contributed by atoms with Gasteiger partial charge >= 0.3 is 0 Å². The number of aliphatic hydroxyl groups excluding tert-OH is 1. The quantitative estimate of drug-likeness (QED) is 0.713. The maximum absolute atomic E-state index is 12.4. The zero-order valence-corrected chi connectivity index (χ0v) is 16.5. The van der Waals surface area contributed by atoms with Crippen LogP contribution in [0.2, 0.25) is 5.02 Å². The highest BCUT2D eigenvalue weighted by Crippen LogP contribution is 2.48. The standard InChI is InChI=1S/C22H20ClN3O3/c23-15-4-1-3-14(11-15)21-24-20(25-29-21)17-5-2-6-18-16(17)7-8-22(18)12-19(28)26(13-22)9-10-27/h1-6,11,27H,7-10,12-13H2/t22-/m0/s1. The molecule has 0 bridgehead atoms. The number of benzene rings is 2. The molecular weight excluding hydrogens is 390 g/mol. The number of aromatic nitrogens is 2. The number of halogens is 1. The van der Waals surface area contributed by atoms with E-state index in [1.807, 2.05) is 24.3 Å². The lowest BCUT2D eigenvalue weighted by Crippen LogP contribution is -2.32. The monoisotopic (exact) mass is 409 g/mol. The largest absolute Gasteiger partial charge is 0.395 e. The molecule has 6 nitrogen and oxygen atoms in total. The summed E-state index contributed by atoms with van der Waals surface area (Å²) in [4.78, 5) is 18.8. The molecule has 1 N–H and O–H groups in total. The van der Waals surface area contributed by atoms with Gasteiger partial charge in [-0.05, 0) is 42.2 Å². The van der Waals surface area contributed by atoms with Crippen LogP contribution < -0.4 is 0 Å². The number of fused-ring (bicyclic) bond motifs is 2. The highest BCUT2D eigenvalue weighted by atomic mass is 35.5. The average Bonchev–Trinajstić information content (AvgIpc) is 3.41. The molecule has 0 saturated carbocycles. The Morgan fingerprint density at radius 2 is 2.10 bits per heavy atom. The zero-order chi connectivity index (χ0) is 20.0. The lowest BCUT2D eigenvalue weighted by Gasteiger charge is -2.24. The number of β-amino-alcohol motifs (C(OH)–C–C–N with tert-alkyl or cyclic N) is 1. The molecule has 1 aliphatic carbocycles. The summed E-state index contributed by atoms with van der Waals surface area (Å²) in [7, 11) is 0. The van der Waals surface area contributed by atoms with Crippen molar-refractivity contribution in [3.05, 3.63) is 58.6 Å². The molecule has 1 amide bonds. The van der Waals surface area contributed by atoms with Gasteiger partial charge in [0.25, 0.3) is 5.89 Å². The molecule has 2 heterocycles.